The molecule has 27 heavy (non-hydrogen) atoms. The third-order valence-electron chi connectivity index (χ3n) is 5.99. The van der Waals surface area contributed by atoms with Crippen molar-refractivity contribution in [3.63, 3.8) is 0 Å². The van der Waals surface area contributed by atoms with Crippen LogP contribution in [0.25, 0.3) is 0 Å². The van der Waals surface area contributed by atoms with Crippen LogP contribution in [0.2, 0.25) is 0 Å². The average Bonchev–Trinajstić information content (AvgIpc) is 2.81. The summed E-state index contributed by atoms with van der Waals surface area (Å²) < 4.78 is 5.47. The minimum atomic E-state index is -0.487. The van der Waals surface area contributed by atoms with Crippen LogP contribution in [0, 0.1) is 5.41 Å². The first-order valence-electron chi connectivity index (χ1n) is 9.82. The zero-order valence-corrected chi connectivity index (χ0v) is 17.3. The first kappa shape index (κ1) is 20.1. The van der Waals surface area contributed by atoms with Gasteiger partial charge in [0.1, 0.15) is 11.5 Å². The number of benzene rings is 2. The highest BCUT2D eigenvalue weighted by Crippen LogP contribution is 2.51. The predicted octanol–water partition coefficient (Wildman–Crippen LogP) is 5.59. The number of aliphatic hydroxyl groups excluding tert-OH is 1. The number of unbranched alkanes of at least 4 members (excludes halogenated alkanes) is 1. The first-order valence-corrected chi connectivity index (χ1v) is 10.8. The second kappa shape index (κ2) is 8.57. The number of ether oxygens (including phenoxy) is 1. The summed E-state index contributed by atoms with van der Waals surface area (Å²) in [5, 5.41) is 21.4. The summed E-state index contributed by atoms with van der Waals surface area (Å²) in [6, 6.07) is 13.5. The molecular weight excluding hydrogens is 356 g/mol. The molecule has 3 rings (SSSR count). The quantitative estimate of drug-likeness (QED) is 0.680. The predicted molar refractivity (Wildman–Crippen MR) is 112 cm³/mol. The first-order chi connectivity index (χ1) is 13.0. The average molecular weight is 387 g/mol. The van der Waals surface area contributed by atoms with Crippen molar-refractivity contribution in [3.05, 3.63) is 53.6 Å². The lowest BCUT2D eigenvalue weighted by Gasteiger charge is -2.39. The van der Waals surface area contributed by atoms with Gasteiger partial charge in [-0.2, -0.15) is 0 Å². The van der Waals surface area contributed by atoms with E-state index in [9.17, 15) is 10.2 Å². The van der Waals surface area contributed by atoms with Crippen molar-refractivity contribution >= 4 is 11.8 Å². The van der Waals surface area contributed by atoms with E-state index >= 15 is 0 Å². The molecule has 2 aromatic carbocycles. The Balaban J connectivity index is 2.14. The van der Waals surface area contributed by atoms with Crippen LogP contribution in [0.15, 0.2) is 47.4 Å². The molecule has 2 aromatic rings. The van der Waals surface area contributed by atoms with Gasteiger partial charge < -0.3 is 14.9 Å². The molecule has 3 atom stereocenters. The van der Waals surface area contributed by atoms with Gasteiger partial charge in [0.25, 0.3) is 0 Å². The van der Waals surface area contributed by atoms with Crippen molar-refractivity contribution in [2.45, 2.75) is 56.4 Å². The lowest BCUT2D eigenvalue weighted by molar-refractivity contribution is 0.0182. The van der Waals surface area contributed by atoms with Crippen molar-refractivity contribution < 1.29 is 14.9 Å². The Bertz CT molecular complexity index is 759. The van der Waals surface area contributed by atoms with Gasteiger partial charge in [-0.05, 0) is 54.3 Å². The SMILES string of the molecule is CCCC[C@]1(CC)CSc2ccc(OC)cc2[C@@H](c2ccc(O)cc2)C1O. The van der Waals surface area contributed by atoms with Gasteiger partial charge in [0.05, 0.1) is 13.2 Å². The Morgan fingerprint density at radius 3 is 2.52 bits per heavy atom. The standard InChI is InChI=1S/C23H30O3S/c1-4-6-13-23(5-2)15-27-20-12-11-18(26-3)14-19(20)21(22(23)25)16-7-9-17(24)10-8-16/h7-12,14,21-22,24-25H,4-6,13,15H2,1-3H3/t21-,22?,23-/m1/s1. The maximum absolute atomic E-state index is 11.7. The molecule has 2 N–H and O–H groups in total. The lowest BCUT2D eigenvalue weighted by atomic mass is 9.69. The smallest absolute Gasteiger partial charge is 0.119 e. The van der Waals surface area contributed by atoms with Gasteiger partial charge in [-0.15, -0.1) is 11.8 Å². The number of thioether (sulfide) groups is 1. The van der Waals surface area contributed by atoms with Crippen LogP contribution in [0.3, 0.4) is 0 Å². The molecule has 0 aromatic heterocycles. The number of phenolic OH excluding ortho intramolecular Hbond substituents is 1. The van der Waals surface area contributed by atoms with Crippen molar-refractivity contribution in [3.8, 4) is 11.5 Å². The van der Waals surface area contributed by atoms with Crippen LogP contribution in [-0.4, -0.2) is 29.2 Å². The summed E-state index contributed by atoms with van der Waals surface area (Å²) in [5.41, 5.74) is 2.02. The van der Waals surface area contributed by atoms with Crippen molar-refractivity contribution in [2.24, 2.45) is 5.41 Å². The molecule has 0 saturated carbocycles. The lowest BCUT2D eigenvalue weighted by Crippen LogP contribution is -2.40. The number of hydrogen-bond acceptors (Lipinski definition) is 4. The summed E-state index contributed by atoms with van der Waals surface area (Å²) in [4.78, 5) is 1.21. The molecule has 0 saturated heterocycles. The van der Waals surface area contributed by atoms with E-state index in [4.69, 9.17) is 4.74 Å². The fourth-order valence-corrected chi connectivity index (χ4v) is 5.62. The molecule has 1 unspecified atom stereocenters. The normalized spacial score (nSPS) is 24.9. The molecule has 0 fully saturated rings. The third-order valence-corrected chi connectivity index (χ3v) is 7.40. The van der Waals surface area contributed by atoms with E-state index in [0.29, 0.717) is 0 Å². The minimum absolute atomic E-state index is 0.129. The molecule has 3 nitrogen and oxygen atoms in total. The molecular formula is C23H30O3S. The monoisotopic (exact) mass is 386 g/mol. The Morgan fingerprint density at radius 1 is 1.15 bits per heavy atom. The van der Waals surface area contributed by atoms with Gasteiger partial charge in [-0.25, -0.2) is 0 Å². The molecule has 0 bridgehead atoms. The van der Waals surface area contributed by atoms with Crippen LogP contribution in [-0.2, 0) is 0 Å². The molecule has 1 aliphatic heterocycles. The van der Waals surface area contributed by atoms with Crippen LogP contribution < -0.4 is 4.74 Å². The van der Waals surface area contributed by atoms with E-state index < -0.39 is 6.10 Å². The largest absolute Gasteiger partial charge is 0.508 e. The van der Waals surface area contributed by atoms with Crippen LogP contribution in [0.5, 0.6) is 11.5 Å². The fraction of sp³-hybridized carbons (Fsp3) is 0.478. The Kier molecular flexibility index (Phi) is 6.38. The maximum atomic E-state index is 11.7. The summed E-state index contributed by atoms with van der Waals surface area (Å²) in [6.45, 7) is 4.40. The zero-order chi connectivity index (χ0) is 19.4. The van der Waals surface area contributed by atoms with Crippen LogP contribution >= 0.6 is 11.8 Å². The zero-order valence-electron chi connectivity index (χ0n) is 16.4. The molecule has 0 spiro atoms. The number of aromatic hydroxyl groups is 1. The van der Waals surface area contributed by atoms with Crippen molar-refractivity contribution in [2.75, 3.05) is 12.9 Å². The van der Waals surface area contributed by atoms with Gasteiger partial charge in [0.2, 0.25) is 0 Å². The van der Waals surface area contributed by atoms with E-state index in [2.05, 4.69) is 26.0 Å². The highest BCUT2D eigenvalue weighted by molar-refractivity contribution is 7.99. The molecule has 0 radical (unpaired) electrons. The Morgan fingerprint density at radius 2 is 1.89 bits per heavy atom. The third kappa shape index (κ3) is 3.97. The number of rotatable bonds is 6. The van der Waals surface area contributed by atoms with Gasteiger partial charge in [-0.1, -0.05) is 38.8 Å². The second-order valence-electron chi connectivity index (χ2n) is 7.53. The molecule has 146 valence electrons. The van der Waals surface area contributed by atoms with Crippen LogP contribution in [0.1, 0.15) is 56.6 Å². The fourth-order valence-electron chi connectivity index (χ4n) is 4.14. The van der Waals surface area contributed by atoms with Crippen molar-refractivity contribution in [1.29, 1.82) is 0 Å². The number of methoxy groups -OCH3 is 1. The number of fused-ring (bicyclic) bond motifs is 1. The number of hydrogen-bond donors (Lipinski definition) is 2. The van der Waals surface area contributed by atoms with Gasteiger partial charge >= 0.3 is 0 Å². The van der Waals surface area contributed by atoms with Gasteiger partial charge in [-0.3, -0.25) is 0 Å². The molecule has 0 amide bonds. The van der Waals surface area contributed by atoms with E-state index in [1.54, 1.807) is 19.2 Å². The molecule has 1 heterocycles. The second-order valence-corrected chi connectivity index (χ2v) is 8.54. The molecule has 4 heteroatoms. The summed E-state index contributed by atoms with van der Waals surface area (Å²) in [7, 11) is 1.68. The number of aliphatic hydroxyl groups is 1. The highest BCUT2D eigenvalue weighted by atomic mass is 32.2. The van der Waals surface area contributed by atoms with E-state index in [0.717, 1.165) is 48.3 Å². The summed E-state index contributed by atoms with van der Waals surface area (Å²) in [5.74, 6) is 1.83. The molecule has 1 aliphatic rings. The topological polar surface area (TPSA) is 49.7 Å². The van der Waals surface area contributed by atoms with Crippen molar-refractivity contribution in [1.82, 2.24) is 0 Å². The Hall–Kier alpha value is -1.65. The highest BCUT2D eigenvalue weighted by Gasteiger charge is 2.44. The van der Waals surface area contributed by atoms with Gasteiger partial charge in [0, 0.05) is 22.0 Å². The van der Waals surface area contributed by atoms with E-state index in [-0.39, 0.29) is 17.1 Å². The van der Waals surface area contributed by atoms with E-state index in [1.807, 2.05) is 30.0 Å². The molecule has 0 aliphatic carbocycles. The van der Waals surface area contributed by atoms with Crippen LogP contribution in [0.4, 0.5) is 0 Å². The van der Waals surface area contributed by atoms with E-state index in [1.165, 1.54) is 4.90 Å². The summed E-state index contributed by atoms with van der Waals surface area (Å²) >= 11 is 1.85. The Labute approximate surface area is 166 Å². The minimum Gasteiger partial charge on any atom is -0.508 e. The maximum Gasteiger partial charge on any atom is 0.119 e. The summed E-state index contributed by atoms with van der Waals surface area (Å²) in [6.07, 6.45) is 3.73. The number of phenols is 1. The van der Waals surface area contributed by atoms with Gasteiger partial charge in [0.15, 0.2) is 0 Å².